The Kier molecular flexibility index (Phi) is 4.60. The Balaban J connectivity index is 2.10. The molecule has 0 bridgehead atoms. The number of aliphatic hydroxyl groups excluding tert-OH is 1. The maximum absolute atomic E-state index is 10.3. The number of aryl methyl sites for hydroxylation is 2. The van der Waals surface area contributed by atoms with Gasteiger partial charge in [-0.25, -0.2) is 0 Å². The van der Waals surface area contributed by atoms with Crippen molar-refractivity contribution in [2.45, 2.75) is 38.7 Å². The smallest absolute Gasteiger partial charge is 0.0918 e. The second-order valence-electron chi connectivity index (χ2n) is 6.07. The fourth-order valence-electron chi connectivity index (χ4n) is 3.37. The van der Waals surface area contributed by atoms with E-state index in [1.807, 2.05) is 12.1 Å². The molecule has 1 atom stereocenters. The number of hydrogen-bond donors (Lipinski definition) is 1. The number of rotatable bonds is 3. The van der Waals surface area contributed by atoms with Gasteiger partial charge in [0.2, 0.25) is 0 Å². The van der Waals surface area contributed by atoms with Crippen LogP contribution in [0.4, 0.5) is 0 Å². The molecule has 3 rings (SSSR count). The van der Waals surface area contributed by atoms with Crippen LogP contribution >= 0.6 is 0 Å². The third kappa shape index (κ3) is 3.06. The molecule has 2 aromatic carbocycles. The molecule has 2 heteroatoms. The van der Waals surface area contributed by atoms with Crippen LogP contribution in [0.3, 0.4) is 0 Å². The zero-order valence-electron chi connectivity index (χ0n) is 13.4. The normalized spacial score (nSPS) is 16.1. The number of hydrogen-bond acceptors (Lipinski definition) is 2. The number of nitriles is 1. The Morgan fingerprint density at radius 3 is 2.65 bits per heavy atom. The molecular weight excluding hydrogens is 282 g/mol. The summed E-state index contributed by atoms with van der Waals surface area (Å²) < 4.78 is 0. The Hall–Kier alpha value is -2.37. The standard InChI is InChI=1S/C21H21NO/c1-2-5-21(23)17-10-11-19-16(14-17)9-8-15-6-3-4-7-18(15)20(19)12-13-22/h3-4,6-7,10-12,14,21,23H,2,5,8-9H2,1H3/b20-12+. The average Bonchev–Trinajstić information content (AvgIpc) is 2.73. The molecule has 0 saturated carbocycles. The summed E-state index contributed by atoms with van der Waals surface area (Å²) in [5, 5.41) is 19.5. The topological polar surface area (TPSA) is 44.0 Å². The van der Waals surface area contributed by atoms with Gasteiger partial charge in [-0.15, -0.1) is 0 Å². The Bertz CT molecular complexity index is 783. The molecule has 0 aromatic heterocycles. The van der Waals surface area contributed by atoms with Gasteiger partial charge in [-0.05, 0) is 52.7 Å². The van der Waals surface area contributed by atoms with Gasteiger partial charge in [0.25, 0.3) is 0 Å². The van der Waals surface area contributed by atoms with Crippen LogP contribution in [0.1, 0.15) is 53.7 Å². The van der Waals surface area contributed by atoms with E-state index in [-0.39, 0.29) is 0 Å². The van der Waals surface area contributed by atoms with E-state index in [4.69, 9.17) is 0 Å². The van der Waals surface area contributed by atoms with Crippen LogP contribution < -0.4 is 0 Å². The molecule has 0 radical (unpaired) electrons. The van der Waals surface area contributed by atoms with Crippen molar-refractivity contribution < 1.29 is 5.11 Å². The van der Waals surface area contributed by atoms with E-state index in [1.165, 1.54) is 11.1 Å². The molecule has 0 fully saturated rings. The van der Waals surface area contributed by atoms with Crippen LogP contribution in [0.2, 0.25) is 0 Å². The molecule has 0 saturated heterocycles. The summed E-state index contributed by atoms with van der Waals surface area (Å²) in [6.45, 7) is 2.08. The average molecular weight is 303 g/mol. The van der Waals surface area contributed by atoms with E-state index >= 15 is 0 Å². The molecule has 116 valence electrons. The van der Waals surface area contributed by atoms with E-state index in [0.29, 0.717) is 0 Å². The van der Waals surface area contributed by atoms with Gasteiger partial charge >= 0.3 is 0 Å². The molecule has 0 heterocycles. The first-order chi connectivity index (χ1) is 11.2. The fraction of sp³-hybridized carbons (Fsp3) is 0.286. The lowest BCUT2D eigenvalue weighted by molar-refractivity contribution is 0.166. The molecule has 0 amide bonds. The van der Waals surface area contributed by atoms with E-state index in [1.54, 1.807) is 6.08 Å². The molecule has 2 nitrogen and oxygen atoms in total. The van der Waals surface area contributed by atoms with Crippen LogP contribution in [0, 0.1) is 11.3 Å². The largest absolute Gasteiger partial charge is 0.388 e. The van der Waals surface area contributed by atoms with Crippen molar-refractivity contribution in [2.24, 2.45) is 0 Å². The van der Waals surface area contributed by atoms with Gasteiger partial charge in [0, 0.05) is 6.08 Å². The van der Waals surface area contributed by atoms with Crippen LogP contribution in [0.5, 0.6) is 0 Å². The molecule has 2 aromatic rings. The van der Waals surface area contributed by atoms with Crippen molar-refractivity contribution in [3.63, 3.8) is 0 Å². The monoisotopic (exact) mass is 303 g/mol. The van der Waals surface area contributed by atoms with Crippen LogP contribution in [-0.2, 0) is 12.8 Å². The van der Waals surface area contributed by atoms with Crippen LogP contribution in [0.15, 0.2) is 48.5 Å². The first kappa shape index (κ1) is 15.5. The van der Waals surface area contributed by atoms with E-state index < -0.39 is 6.10 Å². The van der Waals surface area contributed by atoms with Gasteiger partial charge in [0.1, 0.15) is 0 Å². The number of benzene rings is 2. The van der Waals surface area contributed by atoms with Crippen molar-refractivity contribution in [3.05, 3.63) is 76.4 Å². The first-order valence-corrected chi connectivity index (χ1v) is 8.24. The number of aliphatic hydroxyl groups is 1. The highest BCUT2D eigenvalue weighted by Gasteiger charge is 2.19. The number of allylic oxidation sites excluding steroid dienone is 1. The molecule has 1 N–H and O–H groups in total. The van der Waals surface area contributed by atoms with Gasteiger partial charge in [-0.3, -0.25) is 0 Å². The maximum atomic E-state index is 10.3. The summed E-state index contributed by atoms with van der Waals surface area (Å²) in [7, 11) is 0. The quantitative estimate of drug-likeness (QED) is 0.844. The predicted octanol–water partition coefficient (Wildman–Crippen LogP) is 4.57. The van der Waals surface area contributed by atoms with Gasteiger partial charge in [-0.2, -0.15) is 5.26 Å². The van der Waals surface area contributed by atoms with Crippen molar-refractivity contribution >= 4 is 5.57 Å². The van der Waals surface area contributed by atoms with Gasteiger partial charge in [0.15, 0.2) is 0 Å². The lowest BCUT2D eigenvalue weighted by Gasteiger charge is -2.15. The lowest BCUT2D eigenvalue weighted by atomic mass is 9.91. The van der Waals surface area contributed by atoms with E-state index in [0.717, 1.165) is 47.9 Å². The van der Waals surface area contributed by atoms with Crippen molar-refractivity contribution in [1.82, 2.24) is 0 Å². The number of nitrogens with zero attached hydrogens (tertiary/aromatic N) is 1. The molecular formula is C21H21NO. The van der Waals surface area contributed by atoms with Gasteiger partial charge in [0.05, 0.1) is 12.2 Å². The second-order valence-corrected chi connectivity index (χ2v) is 6.07. The minimum atomic E-state index is -0.403. The molecule has 0 aliphatic heterocycles. The lowest BCUT2D eigenvalue weighted by Crippen LogP contribution is -2.00. The highest BCUT2D eigenvalue weighted by molar-refractivity contribution is 5.85. The molecule has 1 aliphatic rings. The first-order valence-electron chi connectivity index (χ1n) is 8.24. The highest BCUT2D eigenvalue weighted by Crippen LogP contribution is 2.35. The van der Waals surface area contributed by atoms with Gasteiger partial charge in [-0.1, -0.05) is 55.8 Å². The highest BCUT2D eigenvalue weighted by atomic mass is 16.3. The van der Waals surface area contributed by atoms with Crippen molar-refractivity contribution in [1.29, 1.82) is 5.26 Å². The van der Waals surface area contributed by atoms with Crippen molar-refractivity contribution in [2.75, 3.05) is 0 Å². The summed E-state index contributed by atoms with van der Waals surface area (Å²) in [5.41, 5.74) is 6.73. The molecule has 1 aliphatic carbocycles. The van der Waals surface area contributed by atoms with Crippen LogP contribution in [-0.4, -0.2) is 5.11 Å². The minimum Gasteiger partial charge on any atom is -0.388 e. The maximum Gasteiger partial charge on any atom is 0.0918 e. The summed E-state index contributed by atoms with van der Waals surface area (Å²) >= 11 is 0. The Morgan fingerprint density at radius 1 is 1.13 bits per heavy atom. The third-order valence-electron chi connectivity index (χ3n) is 4.55. The van der Waals surface area contributed by atoms with E-state index in [9.17, 15) is 10.4 Å². The SMILES string of the molecule is CCCC(O)c1ccc2c(c1)CCc1ccccc1/C2=C\C#N. The summed E-state index contributed by atoms with van der Waals surface area (Å²) in [4.78, 5) is 0. The zero-order valence-corrected chi connectivity index (χ0v) is 13.4. The zero-order chi connectivity index (χ0) is 16.2. The van der Waals surface area contributed by atoms with E-state index in [2.05, 4.69) is 43.3 Å². The molecule has 23 heavy (non-hydrogen) atoms. The fourth-order valence-corrected chi connectivity index (χ4v) is 3.37. The number of fused-ring (bicyclic) bond motifs is 2. The van der Waals surface area contributed by atoms with Crippen molar-refractivity contribution in [3.8, 4) is 6.07 Å². The third-order valence-corrected chi connectivity index (χ3v) is 4.55. The molecule has 0 spiro atoms. The summed E-state index contributed by atoms with van der Waals surface area (Å²) in [5.74, 6) is 0. The summed E-state index contributed by atoms with van der Waals surface area (Å²) in [6.07, 6.45) is 4.87. The van der Waals surface area contributed by atoms with Gasteiger partial charge < -0.3 is 5.11 Å². The molecule has 1 unspecified atom stereocenters. The van der Waals surface area contributed by atoms with Crippen LogP contribution in [0.25, 0.3) is 5.57 Å². The Morgan fingerprint density at radius 2 is 1.87 bits per heavy atom. The summed E-state index contributed by atoms with van der Waals surface area (Å²) in [6, 6.07) is 16.7. The predicted molar refractivity (Wildman–Crippen MR) is 92.9 cm³/mol. The Labute approximate surface area is 137 Å². The minimum absolute atomic E-state index is 0.403. The second kappa shape index (κ2) is 6.81.